The molecule has 0 heterocycles. The van der Waals surface area contributed by atoms with Gasteiger partial charge in [-0.1, -0.05) is 58.6 Å². The summed E-state index contributed by atoms with van der Waals surface area (Å²) in [5.74, 6) is 0.324. The van der Waals surface area contributed by atoms with Gasteiger partial charge in [0, 0.05) is 5.92 Å². The Labute approximate surface area is 102 Å². The highest BCUT2D eigenvalue weighted by atomic mass is 16.1. The maximum absolute atomic E-state index is 10.2. The van der Waals surface area contributed by atoms with Crippen molar-refractivity contribution in [1.29, 1.82) is 0 Å². The van der Waals surface area contributed by atoms with Crippen LogP contribution in [0.15, 0.2) is 12.2 Å². The second kappa shape index (κ2) is 16.8. The summed E-state index contributed by atoms with van der Waals surface area (Å²) in [6.07, 6.45) is 13.8. The molecule has 0 amide bonds. The first-order chi connectivity index (χ1) is 7.76. The largest absolute Gasteiger partial charge is 0.303 e. The van der Waals surface area contributed by atoms with Gasteiger partial charge in [0.05, 0.1) is 0 Å². The average Bonchev–Trinajstić information content (AvgIpc) is 2.32. The second-order valence-electron chi connectivity index (χ2n) is 4.16. The fraction of sp³-hybridized carbons (Fsp3) is 0.800. The van der Waals surface area contributed by atoms with Crippen LogP contribution < -0.4 is 0 Å². The highest BCUT2D eigenvalue weighted by molar-refractivity contribution is 5.53. The van der Waals surface area contributed by atoms with E-state index in [1.165, 1.54) is 32.1 Å². The number of carbonyl (C=O) groups excluding carboxylic acids is 1. The maximum atomic E-state index is 10.2. The Bertz CT molecular complexity index is 150. The summed E-state index contributed by atoms with van der Waals surface area (Å²) in [4.78, 5) is 10.2. The van der Waals surface area contributed by atoms with Crippen LogP contribution in [0, 0.1) is 5.92 Å². The molecule has 0 aliphatic heterocycles. The molecule has 0 N–H and O–H groups in total. The van der Waals surface area contributed by atoms with Crippen LogP contribution in [0.1, 0.15) is 72.6 Å². The van der Waals surface area contributed by atoms with Gasteiger partial charge < -0.3 is 4.79 Å². The first-order valence-electron chi connectivity index (χ1n) is 6.83. The molecule has 0 saturated heterocycles. The lowest BCUT2D eigenvalue weighted by atomic mass is 10.0. The number of carbonyl (C=O) groups is 1. The second-order valence-corrected chi connectivity index (χ2v) is 4.16. The molecule has 1 heteroatoms. The molecule has 0 aromatic heterocycles. The summed E-state index contributed by atoms with van der Waals surface area (Å²) in [5, 5.41) is 0. The molecule has 0 fully saturated rings. The molecular formula is C15H30O. The predicted molar refractivity (Wildman–Crippen MR) is 73.7 cm³/mol. The Balaban J connectivity index is 0. The van der Waals surface area contributed by atoms with Gasteiger partial charge in [-0.25, -0.2) is 0 Å². The molecule has 1 nitrogen and oxygen atoms in total. The number of aldehydes is 1. The molecule has 0 radical (unpaired) electrons. The third-order valence-electron chi connectivity index (χ3n) is 2.61. The summed E-state index contributed by atoms with van der Waals surface area (Å²) in [6.45, 7) is 8.49. The lowest BCUT2D eigenvalue weighted by Gasteiger charge is -2.03. The molecular weight excluding hydrogens is 196 g/mol. The molecule has 0 aliphatic carbocycles. The Morgan fingerprint density at radius 2 is 1.69 bits per heavy atom. The van der Waals surface area contributed by atoms with E-state index in [1.807, 2.05) is 0 Å². The van der Waals surface area contributed by atoms with Gasteiger partial charge >= 0.3 is 0 Å². The van der Waals surface area contributed by atoms with Gasteiger partial charge in [0.25, 0.3) is 0 Å². The SMILES string of the molecule is C/C=C/CCCC.CCCCC(C=O)CC. The zero-order chi connectivity index (χ0) is 12.6. The summed E-state index contributed by atoms with van der Waals surface area (Å²) in [7, 11) is 0. The molecule has 1 unspecified atom stereocenters. The molecule has 0 saturated carbocycles. The topological polar surface area (TPSA) is 17.1 Å². The van der Waals surface area contributed by atoms with Crippen molar-refractivity contribution in [2.45, 2.75) is 72.6 Å². The summed E-state index contributed by atoms with van der Waals surface area (Å²) in [6, 6.07) is 0. The molecule has 0 aliphatic rings. The third kappa shape index (κ3) is 15.9. The quantitative estimate of drug-likeness (QED) is 0.317. The number of hydrogen-bond donors (Lipinski definition) is 0. The Morgan fingerprint density at radius 1 is 1.06 bits per heavy atom. The zero-order valence-corrected chi connectivity index (χ0v) is 11.7. The average molecular weight is 226 g/mol. The highest BCUT2D eigenvalue weighted by Crippen LogP contribution is 2.08. The van der Waals surface area contributed by atoms with Gasteiger partial charge in [-0.3, -0.25) is 0 Å². The lowest BCUT2D eigenvalue weighted by molar-refractivity contribution is -0.111. The first-order valence-corrected chi connectivity index (χ1v) is 6.83. The van der Waals surface area contributed by atoms with Crippen molar-refractivity contribution in [3.05, 3.63) is 12.2 Å². The van der Waals surface area contributed by atoms with Gasteiger partial charge in [-0.2, -0.15) is 0 Å². The molecule has 1 atom stereocenters. The van der Waals surface area contributed by atoms with Gasteiger partial charge in [0.1, 0.15) is 6.29 Å². The summed E-state index contributed by atoms with van der Waals surface area (Å²) in [5.41, 5.74) is 0. The first kappa shape index (κ1) is 17.8. The van der Waals surface area contributed by atoms with E-state index in [-0.39, 0.29) is 0 Å². The summed E-state index contributed by atoms with van der Waals surface area (Å²) < 4.78 is 0. The smallest absolute Gasteiger partial charge is 0.123 e. The van der Waals surface area contributed by atoms with E-state index in [2.05, 4.69) is 39.8 Å². The van der Waals surface area contributed by atoms with Gasteiger partial charge in [0.15, 0.2) is 0 Å². The van der Waals surface area contributed by atoms with Crippen molar-refractivity contribution in [2.75, 3.05) is 0 Å². The van der Waals surface area contributed by atoms with Crippen LogP contribution in [0.3, 0.4) is 0 Å². The van der Waals surface area contributed by atoms with E-state index in [0.29, 0.717) is 5.92 Å². The number of allylic oxidation sites excluding steroid dienone is 2. The van der Waals surface area contributed by atoms with Crippen molar-refractivity contribution in [1.82, 2.24) is 0 Å². The third-order valence-corrected chi connectivity index (χ3v) is 2.61. The van der Waals surface area contributed by atoms with Crippen molar-refractivity contribution in [3.63, 3.8) is 0 Å². The maximum Gasteiger partial charge on any atom is 0.123 e. The van der Waals surface area contributed by atoms with E-state index in [0.717, 1.165) is 19.1 Å². The standard InChI is InChI=1S/C8H16O.C7H14/c1-3-5-6-8(4-2)7-9;1-3-5-7-6-4-2/h7-8H,3-6H2,1-2H3;3,5H,4,6-7H2,1-2H3/b;5-3+. The zero-order valence-electron chi connectivity index (χ0n) is 11.7. The van der Waals surface area contributed by atoms with Gasteiger partial charge in [0.2, 0.25) is 0 Å². The molecule has 0 aromatic carbocycles. The predicted octanol–water partition coefficient (Wildman–Crippen LogP) is 5.15. The summed E-state index contributed by atoms with van der Waals surface area (Å²) >= 11 is 0. The fourth-order valence-corrected chi connectivity index (χ4v) is 1.32. The minimum absolute atomic E-state index is 0.324. The molecule has 16 heavy (non-hydrogen) atoms. The van der Waals surface area contributed by atoms with Crippen LogP contribution in [0.4, 0.5) is 0 Å². The fourth-order valence-electron chi connectivity index (χ4n) is 1.32. The Morgan fingerprint density at radius 3 is 2.06 bits per heavy atom. The Kier molecular flexibility index (Phi) is 18.7. The highest BCUT2D eigenvalue weighted by Gasteiger charge is 2.01. The number of rotatable bonds is 8. The van der Waals surface area contributed by atoms with Crippen molar-refractivity contribution in [3.8, 4) is 0 Å². The van der Waals surface area contributed by atoms with E-state index in [1.54, 1.807) is 0 Å². The number of unbranched alkanes of at least 4 members (excludes halogenated alkanes) is 3. The van der Waals surface area contributed by atoms with Gasteiger partial charge in [-0.15, -0.1) is 0 Å². The minimum atomic E-state index is 0.324. The Hall–Kier alpha value is -0.590. The van der Waals surface area contributed by atoms with E-state index in [9.17, 15) is 4.79 Å². The van der Waals surface area contributed by atoms with Crippen molar-refractivity contribution in [2.24, 2.45) is 5.92 Å². The van der Waals surface area contributed by atoms with Crippen LogP contribution in [-0.2, 0) is 4.79 Å². The normalized spacial score (nSPS) is 12.0. The molecule has 0 bridgehead atoms. The van der Waals surface area contributed by atoms with Crippen LogP contribution >= 0.6 is 0 Å². The lowest BCUT2D eigenvalue weighted by Crippen LogP contribution is -1.98. The van der Waals surface area contributed by atoms with Crippen molar-refractivity contribution >= 4 is 6.29 Å². The van der Waals surface area contributed by atoms with E-state index in [4.69, 9.17) is 0 Å². The minimum Gasteiger partial charge on any atom is -0.303 e. The monoisotopic (exact) mass is 226 g/mol. The van der Waals surface area contributed by atoms with Crippen molar-refractivity contribution < 1.29 is 4.79 Å². The van der Waals surface area contributed by atoms with Crippen LogP contribution in [0.5, 0.6) is 0 Å². The van der Waals surface area contributed by atoms with Crippen LogP contribution in [0.2, 0.25) is 0 Å². The molecule has 0 spiro atoms. The van der Waals surface area contributed by atoms with E-state index < -0.39 is 0 Å². The molecule has 0 rings (SSSR count). The van der Waals surface area contributed by atoms with Crippen LogP contribution in [-0.4, -0.2) is 6.29 Å². The number of hydrogen-bond acceptors (Lipinski definition) is 1. The van der Waals surface area contributed by atoms with Crippen LogP contribution in [0.25, 0.3) is 0 Å². The molecule has 96 valence electrons. The molecule has 0 aromatic rings. The van der Waals surface area contributed by atoms with E-state index >= 15 is 0 Å². The van der Waals surface area contributed by atoms with Gasteiger partial charge in [-0.05, 0) is 26.2 Å².